The lowest BCUT2D eigenvalue weighted by molar-refractivity contribution is -0.140. The Morgan fingerprint density at radius 1 is 1.09 bits per heavy atom. The Kier molecular flexibility index (Phi) is 8.80. The quantitative estimate of drug-likeness (QED) is 0.536. The van der Waals surface area contributed by atoms with Gasteiger partial charge in [-0.2, -0.15) is 0 Å². The van der Waals surface area contributed by atoms with Crippen molar-refractivity contribution in [3.8, 4) is 11.5 Å². The van der Waals surface area contributed by atoms with Gasteiger partial charge in [0.1, 0.15) is 19.3 Å². The number of ether oxygens (including phenoxy) is 2. The highest BCUT2D eigenvalue weighted by molar-refractivity contribution is 6.30. The monoisotopic (exact) mass is 458 g/mol. The lowest BCUT2D eigenvalue weighted by Gasteiger charge is -2.29. The lowest BCUT2D eigenvalue weighted by atomic mass is 10.1. The second-order valence-electron chi connectivity index (χ2n) is 7.95. The topological polar surface area (TPSA) is 67.9 Å². The second kappa shape index (κ2) is 11.8. The molecule has 0 fully saturated rings. The van der Waals surface area contributed by atoms with E-state index in [-0.39, 0.29) is 18.2 Å². The fourth-order valence-electron chi connectivity index (χ4n) is 3.59. The van der Waals surface area contributed by atoms with Crippen LogP contribution in [0.2, 0.25) is 5.02 Å². The molecule has 1 unspecified atom stereocenters. The first-order valence-corrected chi connectivity index (χ1v) is 11.6. The molecular formula is C25H31ClN2O4. The number of fused-ring (bicyclic) bond motifs is 1. The molecule has 0 spiro atoms. The van der Waals surface area contributed by atoms with Gasteiger partial charge in [-0.3, -0.25) is 9.59 Å². The molecule has 1 atom stereocenters. The molecule has 0 saturated carbocycles. The molecule has 0 bridgehead atoms. The van der Waals surface area contributed by atoms with Gasteiger partial charge in [-0.15, -0.1) is 0 Å². The number of amides is 2. The Morgan fingerprint density at radius 3 is 2.62 bits per heavy atom. The minimum absolute atomic E-state index is 0.0852. The number of benzene rings is 2. The van der Waals surface area contributed by atoms with Gasteiger partial charge in [0.25, 0.3) is 0 Å². The summed E-state index contributed by atoms with van der Waals surface area (Å²) in [5, 5.41) is 3.54. The molecule has 6 nitrogen and oxygen atoms in total. The molecule has 32 heavy (non-hydrogen) atoms. The summed E-state index contributed by atoms with van der Waals surface area (Å²) in [6.07, 6.45) is 2.73. The molecule has 1 heterocycles. The van der Waals surface area contributed by atoms with Crippen LogP contribution < -0.4 is 14.8 Å². The number of hydrogen-bond acceptors (Lipinski definition) is 4. The maximum absolute atomic E-state index is 13.2. The van der Waals surface area contributed by atoms with Crippen molar-refractivity contribution in [2.24, 2.45) is 0 Å². The number of rotatable bonds is 10. The normalized spacial score (nSPS) is 13.3. The Labute approximate surface area is 194 Å². The maximum Gasteiger partial charge on any atom is 0.242 e. The predicted octanol–water partition coefficient (Wildman–Crippen LogP) is 4.38. The zero-order chi connectivity index (χ0) is 22.9. The first-order valence-electron chi connectivity index (χ1n) is 11.2. The Morgan fingerprint density at radius 2 is 1.88 bits per heavy atom. The first kappa shape index (κ1) is 23.9. The van der Waals surface area contributed by atoms with Crippen molar-refractivity contribution < 1.29 is 19.1 Å². The zero-order valence-corrected chi connectivity index (χ0v) is 19.5. The van der Waals surface area contributed by atoms with E-state index in [1.807, 2.05) is 36.4 Å². The highest BCUT2D eigenvalue weighted by Crippen LogP contribution is 2.31. The van der Waals surface area contributed by atoms with Gasteiger partial charge < -0.3 is 19.7 Å². The van der Waals surface area contributed by atoms with Crippen LogP contribution in [0.1, 0.15) is 44.2 Å². The Bertz CT molecular complexity index is 934. The highest BCUT2D eigenvalue weighted by atomic mass is 35.5. The van der Waals surface area contributed by atoms with Gasteiger partial charge in [0.15, 0.2) is 11.5 Å². The van der Waals surface area contributed by atoms with E-state index in [1.165, 1.54) is 0 Å². The number of nitrogens with one attached hydrogen (secondary N) is 1. The molecule has 7 heteroatoms. The molecule has 172 valence electrons. The maximum atomic E-state index is 13.2. The Balaban J connectivity index is 1.69. The molecular weight excluding hydrogens is 428 g/mol. The summed E-state index contributed by atoms with van der Waals surface area (Å²) in [4.78, 5) is 27.6. The van der Waals surface area contributed by atoms with Gasteiger partial charge in [0.2, 0.25) is 11.8 Å². The van der Waals surface area contributed by atoms with E-state index in [4.69, 9.17) is 21.1 Å². The van der Waals surface area contributed by atoms with E-state index in [0.717, 1.165) is 29.7 Å². The van der Waals surface area contributed by atoms with Crippen molar-refractivity contribution in [3.63, 3.8) is 0 Å². The van der Waals surface area contributed by atoms with Crippen LogP contribution in [0.3, 0.4) is 0 Å². The van der Waals surface area contributed by atoms with E-state index < -0.39 is 6.04 Å². The molecule has 2 aromatic rings. The summed E-state index contributed by atoms with van der Waals surface area (Å²) in [7, 11) is 0. The second-order valence-corrected chi connectivity index (χ2v) is 8.39. The summed E-state index contributed by atoms with van der Waals surface area (Å²) >= 11 is 6.13. The highest BCUT2D eigenvalue weighted by Gasteiger charge is 2.26. The average molecular weight is 459 g/mol. The van der Waals surface area contributed by atoms with Gasteiger partial charge in [-0.05, 0) is 55.2 Å². The Hall–Kier alpha value is -2.73. The number of carbonyl (C=O) groups is 2. The third kappa shape index (κ3) is 6.63. The zero-order valence-electron chi connectivity index (χ0n) is 18.7. The van der Waals surface area contributed by atoms with E-state index in [1.54, 1.807) is 17.9 Å². The molecule has 0 aromatic heterocycles. The summed E-state index contributed by atoms with van der Waals surface area (Å²) in [5.41, 5.74) is 1.88. The smallest absolute Gasteiger partial charge is 0.242 e. The fraction of sp³-hybridized carbons (Fsp3) is 0.440. The molecule has 1 aliphatic rings. The number of hydrogen-bond donors (Lipinski definition) is 1. The van der Waals surface area contributed by atoms with Crippen LogP contribution in [0.4, 0.5) is 0 Å². The molecule has 1 aliphatic heterocycles. The van der Waals surface area contributed by atoms with E-state index >= 15 is 0 Å². The number of halogens is 1. The van der Waals surface area contributed by atoms with E-state index in [9.17, 15) is 9.59 Å². The van der Waals surface area contributed by atoms with E-state index in [2.05, 4.69) is 12.2 Å². The van der Waals surface area contributed by atoms with Crippen molar-refractivity contribution in [1.29, 1.82) is 0 Å². The fourth-order valence-corrected chi connectivity index (χ4v) is 3.80. The molecule has 3 rings (SSSR count). The molecule has 2 amide bonds. The van der Waals surface area contributed by atoms with Gasteiger partial charge in [0, 0.05) is 24.5 Å². The van der Waals surface area contributed by atoms with Crippen molar-refractivity contribution in [2.45, 2.75) is 52.1 Å². The first-order chi connectivity index (χ1) is 15.5. The van der Waals surface area contributed by atoms with Gasteiger partial charge in [0.05, 0.1) is 0 Å². The van der Waals surface area contributed by atoms with Gasteiger partial charge in [-0.25, -0.2) is 0 Å². The molecule has 1 N–H and O–H groups in total. The molecule has 0 saturated heterocycles. The average Bonchev–Trinajstić information content (AvgIpc) is 2.80. The van der Waals surface area contributed by atoms with Crippen LogP contribution in [0.25, 0.3) is 0 Å². The molecule has 0 radical (unpaired) electrons. The summed E-state index contributed by atoms with van der Waals surface area (Å²) in [6, 6.07) is 12.5. The lowest BCUT2D eigenvalue weighted by Crippen LogP contribution is -2.47. The van der Waals surface area contributed by atoms with Crippen LogP contribution in [0, 0.1) is 0 Å². The van der Waals surface area contributed by atoms with Crippen LogP contribution in [0.5, 0.6) is 11.5 Å². The van der Waals surface area contributed by atoms with Crippen LogP contribution >= 0.6 is 11.6 Å². The van der Waals surface area contributed by atoms with Crippen molar-refractivity contribution >= 4 is 23.4 Å². The minimum atomic E-state index is -0.585. The third-order valence-electron chi connectivity index (χ3n) is 5.47. The number of aryl methyl sites for hydroxylation is 1. The number of carbonyl (C=O) groups excluding carboxylic acids is 2. The number of nitrogens with zero attached hydrogens (tertiary/aromatic N) is 1. The van der Waals surface area contributed by atoms with Crippen LogP contribution in [-0.4, -0.2) is 42.5 Å². The molecule has 0 aliphatic carbocycles. The van der Waals surface area contributed by atoms with Crippen LogP contribution in [-0.2, 0) is 22.6 Å². The third-order valence-corrected chi connectivity index (χ3v) is 5.71. The minimum Gasteiger partial charge on any atom is -0.486 e. The largest absolute Gasteiger partial charge is 0.486 e. The summed E-state index contributed by atoms with van der Waals surface area (Å²) in [5.74, 6) is 1.21. The van der Waals surface area contributed by atoms with Gasteiger partial charge in [-0.1, -0.05) is 43.1 Å². The van der Waals surface area contributed by atoms with Crippen molar-refractivity contribution in [3.05, 3.63) is 58.6 Å². The SMILES string of the molecule is CCCCNC(=O)C(C)N(Cc1cccc(Cl)c1)C(=O)CCc1ccc2c(c1)OCCO2. The number of unbranched alkanes of at least 4 members (excludes halogenated alkanes) is 1. The summed E-state index contributed by atoms with van der Waals surface area (Å²) in [6.45, 7) is 5.84. The van der Waals surface area contributed by atoms with Gasteiger partial charge >= 0.3 is 0 Å². The van der Waals surface area contributed by atoms with Crippen LogP contribution in [0.15, 0.2) is 42.5 Å². The molecule has 2 aromatic carbocycles. The summed E-state index contributed by atoms with van der Waals surface area (Å²) < 4.78 is 11.2. The van der Waals surface area contributed by atoms with E-state index in [0.29, 0.717) is 43.5 Å². The van der Waals surface area contributed by atoms with Crippen molar-refractivity contribution in [2.75, 3.05) is 19.8 Å². The van der Waals surface area contributed by atoms with Crippen molar-refractivity contribution in [1.82, 2.24) is 10.2 Å². The standard InChI is InChI=1S/C25H31ClN2O4/c1-3-4-12-27-25(30)18(2)28(17-20-6-5-7-21(26)15-20)24(29)11-9-19-8-10-22-23(16-19)32-14-13-31-22/h5-8,10,15-16,18H,3-4,9,11-14,17H2,1-2H3,(H,27,30). The predicted molar refractivity (Wildman–Crippen MR) is 125 cm³/mol.